The number of anilines is 2. The molecule has 1 aliphatic heterocycles. The number of rotatable bonds is 3. The number of nitrogens with one attached hydrogen (secondary N) is 1. The Balaban J connectivity index is 2.40. The summed E-state index contributed by atoms with van der Waals surface area (Å²) in [4.78, 5) is 14.4. The molecule has 1 saturated heterocycles. The van der Waals surface area contributed by atoms with Gasteiger partial charge in [0.05, 0.1) is 11.3 Å². The fraction of sp³-hybridized carbons (Fsp3) is 0.538. The fourth-order valence-corrected chi connectivity index (χ4v) is 3.53. The van der Waals surface area contributed by atoms with E-state index in [-0.39, 0.29) is 24.1 Å². The molecule has 2 heterocycles. The van der Waals surface area contributed by atoms with E-state index in [2.05, 4.69) is 10.2 Å². The number of hydrogen-bond acceptors (Lipinski definition) is 6. The van der Waals surface area contributed by atoms with Crippen molar-refractivity contribution < 1.29 is 9.90 Å². The van der Waals surface area contributed by atoms with E-state index in [1.165, 1.54) is 11.3 Å². The van der Waals surface area contributed by atoms with E-state index in [4.69, 9.17) is 11.0 Å². The maximum absolute atomic E-state index is 12.0. The van der Waals surface area contributed by atoms with Gasteiger partial charge in [-0.3, -0.25) is 4.79 Å². The number of carbonyl (C=O) groups is 1. The Hall–Kier alpha value is -1.78. The van der Waals surface area contributed by atoms with E-state index in [0.717, 1.165) is 24.4 Å². The first-order chi connectivity index (χ1) is 9.62. The molecular formula is C13H18N4O2S. The molecule has 0 spiro atoms. The third kappa shape index (κ3) is 2.57. The van der Waals surface area contributed by atoms with Crippen LogP contribution in [0.1, 0.15) is 28.1 Å². The normalized spacial score (nSPS) is 18.6. The zero-order valence-corrected chi connectivity index (χ0v) is 12.2. The van der Waals surface area contributed by atoms with Crippen LogP contribution >= 0.6 is 11.3 Å². The van der Waals surface area contributed by atoms with E-state index in [1.54, 1.807) is 7.05 Å². The van der Waals surface area contributed by atoms with E-state index in [9.17, 15) is 9.90 Å². The average molecular weight is 294 g/mol. The first-order valence-corrected chi connectivity index (χ1v) is 7.34. The fourth-order valence-electron chi connectivity index (χ4n) is 2.48. The van der Waals surface area contributed by atoms with Crippen LogP contribution in [0.15, 0.2) is 0 Å². The summed E-state index contributed by atoms with van der Waals surface area (Å²) in [5.74, 6) is -0.0727. The standard InChI is InChI=1S/C13H18N4O2S/c1-16-12(19)10-11(15)9(5-14)20-13(10)17-4-2-3-8(6-17)7-18/h8,18H,2-4,6-7,15H2,1H3,(H,16,19). The smallest absolute Gasteiger partial charge is 0.256 e. The van der Waals surface area contributed by atoms with Crippen LogP contribution in [-0.4, -0.2) is 37.8 Å². The Kier molecular flexibility index (Phi) is 4.47. The van der Waals surface area contributed by atoms with Gasteiger partial charge in [0, 0.05) is 26.7 Å². The molecule has 6 nitrogen and oxygen atoms in total. The Labute approximate surface area is 121 Å². The van der Waals surface area contributed by atoms with Crippen molar-refractivity contribution >= 4 is 27.9 Å². The second-order valence-corrected chi connectivity index (χ2v) is 5.85. The largest absolute Gasteiger partial charge is 0.396 e. The van der Waals surface area contributed by atoms with Gasteiger partial charge in [0.15, 0.2) is 0 Å². The number of nitriles is 1. The molecule has 0 aromatic carbocycles. The second-order valence-electron chi connectivity index (χ2n) is 4.85. The van der Waals surface area contributed by atoms with E-state index < -0.39 is 0 Å². The van der Waals surface area contributed by atoms with Gasteiger partial charge in [0.2, 0.25) is 0 Å². The minimum Gasteiger partial charge on any atom is -0.396 e. The Morgan fingerprint density at radius 1 is 1.70 bits per heavy atom. The van der Waals surface area contributed by atoms with Crippen LogP contribution in [0.25, 0.3) is 0 Å². The summed E-state index contributed by atoms with van der Waals surface area (Å²) in [5, 5.41) is 21.7. The summed E-state index contributed by atoms with van der Waals surface area (Å²) in [6.07, 6.45) is 1.94. The minimum absolute atomic E-state index is 0.137. The highest BCUT2D eigenvalue weighted by Crippen LogP contribution is 2.39. The summed E-state index contributed by atoms with van der Waals surface area (Å²) in [6, 6.07) is 2.04. The van der Waals surface area contributed by atoms with Gasteiger partial charge in [-0.15, -0.1) is 11.3 Å². The molecular weight excluding hydrogens is 276 g/mol. The second kappa shape index (κ2) is 6.11. The monoisotopic (exact) mass is 294 g/mol. The molecule has 108 valence electrons. The number of aliphatic hydroxyl groups excluding tert-OH is 1. The third-order valence-electron chi connectivity index (χ3n) is 3.55. The number of nitrogens with zero attached hydrogens (tertiary/aromatic N) is 2. The highest BCUT2D eigenvalue weighted by Gasteiger charge is 2.28. The number of amides is 1. The lowest BCUT2D eigenvalue weighted by atomic mass is 9.99. The molecule has 1 unspecified atom stereocenters. The summed E-state index contributed by atoms with van der Waals surface area (Å²) in [6.45, 7) is 1.63. The van der Waals surface area contributed by atoms with Crippen LogP contribution in [0.3, 0.4) is 0 Å². The Morgan fingerprint density at radius 3 is 3.05 bits per heavy atom. The van der Waals surface area contributed by atoms with Crippen LogP contribution < -0.4 is 16.0 Å². The number of piperidine rings is 1. The first-order valence-electron chi connectivity index (χ1n) is 6.52. The van der Waals surface area contributed by atoms with Crippen molar-refractivity contribution in [2.24, 2.45) is 5.92 Å². The molecule has 1 aromatic rings. The number of hydrogen-bond donors (Lipinski definition) is 3. The van der Waals surface area contributed by atoms with Gasteiger partial charge in [-0.05, 0) is 18.8 Å². The maximum Gasteiger partial charge on any atom is 0.256 e. The summed E-state index contributed by atoms with van der Waals surface area (Å²) >= 11 is 1.25. The molecule has 1 aliphatic rings. The van der Waals surface area contributed by atoms with Gasteiger partial charge in [-0.2, -0.15) is 5.26 Å². The summed E-state index contributed by atoms with van der Waals surface area (Å²) in [5.41, 5.74) is 6.55. The van der Waals surface area contributed by atoms with Crippen molar-refractivity contribution in [2.75, 3.05) is 37.4 Å². The van der Waals surface area contributed by atoms with Gasteiger partial charge in [-0.1, -0.05) is 0 Å². The molecule has 4 N–H and O–H groups in total. The van der Waals surface area contributed by atoms with Crippen molar-refractivity contribution in [1.29, 1.82) is 5.26 Å². The van der Waals surface area contributed by atoms with Crippen molar-refractivity contribution in [3.05, 3.63) is 10.4 Å². The van der Waals surface area contributed by atoms with Gasteiger partial charge < -0.3 is 21.1 Å². The van der Waals surface area contributed by atoms with Crippen LogP contribution in [-0.2, 0) is 0 Å². The van der Waals surface area contributed by atoms with Crippen LogP contribution in [0.4, 0.5) is 10.7 Å². The Bertz CT molecular complexity index is 549. The van der Waals surface area contributed by atoms with Crippen molar-refractivity contribution in [3.8, 4) is 6.07 Å². The highest BCUT2D eigenvalue weighted by molar-refractivity contribution is 7.17. The predicted octanol–water partition coefficient (Wildman–Crippen LogP) is 0.770. The molecule has 2 rings (SSSR count). The van der Waals surface area contributed by atoms with Crippen LogP contribution in [0.2, 0.25) is 0 Å². The topological polar surface area (TPSA) is 102 Å². The Morgan fingerprint density at radius 2 is 2.45 bits per heavy atom. The van der Waals surface area contributed by atoms with Crippen molar-refractivity contribution in [2.45, 2.75) is 12.8 Å². The zero-order chi connectivity index (χ0) is 14.7. The molecule has 7 heteroatoms. The lowest BCUT2D eigenvalue weighted by Crippen LogP contribution is -2.37. The molecule has 0 aliphatic carbocycles. The molecule has 0 bridgehead atoms. The summed E-state index contributed by atoms with van der Waals surface area (Å²) in [7, 11) is 1.54. The lowest BCUT2D eigenvalue weighted by molar-refractivity contribution is 0.0964. The molecule has 0 radical (unpaired) electrons. The molecule has 1 amide bonds. The number of thiophene rings is 1. The van der Waals surface area contributed by atoms with Crippen LogP contribution in [0.5, 0.6) is 0 Å². The highest BCUT2D eigenvalue weighted by atomic mass is 32.1. The van der Waals surface area contributed by atoms with Gasteiger partial charge in [-0.25, -0.2) is 0 Å². The maximum atomic E-state index is 12.0. The van der Waals surface area contributed by atoms with Gasteiger partial charge in [0.1, 0.15) is 15.9 Å². The molecule has 1 aromatic heterocycles. The summed E-state index contributed by atoms with van der Waals surface area (Å²) < 4.78 is 0. The quantitative estimate of drug-likeness (QED) is 0.764. The lowest BCUT2D eigenvalue weighted by Gasteiger charge is -2.33. The molecule has 20 heavy (non-hydrogen) atoms. The third-order valence-corrected chi connectivity index (χ3v) is 4.72. The first kappa shape index (κ1) is 14.6. The number of nitrogen functional groups attached to an aromatic ring is 1. The van der Waals surface area contributed by atoms with E-state index in [1.807, 2.05) is 6.07 Å². The SMILES string of the molecule is CNC(=O)c1c(N2CCCC(CO)C2)sc(C#N)c1N. The number of nitrogens with two attached hydrogens (primary N) is 1. The van der Waals surface area contributed by atoms with E-state index >= 15 is 0 Å². The molecule has 1 atom stereocenters. The van der Waals surface area contributed by atoms with Crippen LogP contribution in [0, 0.1) is 17.2 Å². The number of aliphatic hydroxyl groups is 1. The average Bonchev–Trinajstić information content (AvgIpc) is 2.83. The zero-order valence-electron chi connectivity index (χ0n) is 11.3. The minimum atomic E-state index is -0.277. The van der Waals surface area contributed by atoms with E-state index in [0.29, 0.717) is 17.0 Å². The number of carbonyl (C=O) groups excluding carboxylic acids is 1. The van der Waals surface area contributed by atoms with Gasteiger partial charge >= 0.3 is 0 Å². The molecule has 1 fully saturated rings. The van der Waals surface area contributed by atoms with Gasteiger partial charge in [0.25, 0.3) is 5.91 Å². The molecule has 0 saturated carbocycles. The predicted molar refractivity (Wildman–Crippen MR) is 78.9 cm³/mol. The van der Waals surface area contributed by atoms with Crippen molar-refractivity contribution in [1.82, 2.24) is 5.32 Å². The van der Waals surface area contributed by atoms with Crippen molar-refractivity contribution in [3.63, 3.8) is 0 Å².